The normalized spacial score (nSPS) is 13.2. The SMILES string of the molecule is Cc1cc2cccnc2c(-c2ccc(Cl)cc2)c1[C@@H](CO)OC(C)(C)C. The molecule has 1 aromatic heterocycles. The zero-order chi connectivity index (χ0) is 18.9. The molecule has 1 atom stereocenters. The van der Waals surface area contributed by atoms with E-state index in [1.165, 1.54) is 0 Å². The van der Waals surface area contributed by atoms with Crippen molar-refractivity contribution >= 4 is 22.5 Å². The number of aliphatic hydroxyl groups is 1. The lowest BCUT2D eigenvalue weighted by Crippen LogP contribution is -2.25. The third-order valence-electron chi connectivity index (χ3n) is 4.26. The average Bonchev–Trinajstić information content (AvgIpc) is 2.59. The van der Waals surface area contributed by atoms with Gasteiger partial charge in [0.1, 0.15) is 6.10 Å². The first kappa shape index (κ1) is 18.8. The molecule has 0 radical (unpaired) electrons. The molecule has 0 spiro atoms. The molecule has 0 fully saturated rings. The molecule has 0 bridgehead atoms. The van der Waals surface area contributed by atoms with Gasteiger partial charge in [-0.05, 0) is 68.7 Å². The van der Waals surface area contributed by atoms with E-state index in [0.717, 1.165) is 33.2 Å². The van der Waals surface area contributed by atoms with Gasteiger partial charge in [-0.3, -0.25) is 4.98 Å². The maximum absolute atomic E-state index is 10.1. The van der Waals surface area contributed by atoms with Crippen molar-refractivity contribution in [2.24, 2.45) is 0 Å². The molecule has 0 amide bonds. The summed E-state index contributed by atoms with van der Waals surface area (Å²) in [7, 11) is 0. The molecule has 0 aliphatic heterocycles. The van der Waals surface area contributed by atoms with Crippen LogP contribution in [0.2, 0.25) is 5.02 Å². The highest BCUT2D eigenvalue weighted by Gasteiger charge is 2.26. The Bertz CT molecular complexity index is 914. The Labute approximate surface area is 159 Å². The Balaban J connectivity index is 2.32. The molecule has 0 saturated carbocycles. The topological polar surface area (TPSA) is 42.4 Å². The lowest BCUT2D eigenvalue weighted by atomic mass is 9.89. The van der Waals surface area contributed by atoms with Gasteiger partial charge in [-0.1, -0.05) is 29.8 Å². The summed E-state index contributed by atoms with van der Waals surface area (Å²) in [5, 5.41) is 11.8. The van der Waals surface area contributed by atoms with Crippen molar-refractivity contribution in [1.82, 2.24) is 4.98 Å². The molecule has 3 aromatic rings. The quantitative estimate of drug-likeness (QED) is 0.640. The third kappa shape index (κ3) is 3.90. The highest BCUT2D eigenvalue weighted by atomic mass is 35.5. The number of aliphatic hydroxyl groups excluding tert-OH is 1. The second kappa shape index (κ2) is 7.36. The van der Waals surface area contributed by atoms with Gasteiger partial charge >= 0.3 is 0 Å². The number of aromatic nitrogens is 1. The molecule has 3 rings (SSSR count). The molecule has 0 aliphatic rings. The second-order valence-corrected chi connectivity index (χ2v) is 7.90. The van der Waals surface area contributed by atoms with Crippen LogP contribution in [0.15, 0.2) is 48.7 Å². The predicted molar refractivity (Wildman–Crippen MR) is 108 cm³/mol. The van der Waals surface area contributed by atoms with Crippen LogP contribution in [0.1, 0.15) is 38.0 Å². The zero-order valence-corrected chi connectivity index (χ0v) is 16.3. The van der Waals surface area contributed by atoms with Crippen LogP contribution in [0, 0.1) is 6.92 Å². The third-order valence-corrected chi connectivity index (χ3v) is 4.51. The number of rotatable bonds is 4. The van der Waals surface area contributed by atoms with E-state index < -0.39 is 6.10 Å². The van der Waals surface area contributed by atoms with Crippen molar-refractivity contribution in [3.63, 3.8) is 0 Å². The second-order valence-electron chi connectivity index (χ2n) is 7.47. The van der Waals surface area contributed by atoms with Gasteiger partial charge < -0.3 is 9.84 Å². The first-order valence-corrected chi connectivity index (χ1v) is 9.11. The Morgan fingerprint density at radius 3 is 2.46 bits per heavy atom. The maximum atomic E-state index is 10.1. The van der Waals surface area contributed by atoms with E-state index in [1.54, 1.807) is 6.20 Å². The largest absolute Gasteiger partial charge is 0.393 e. The summed E-state index contributed by atoms with van der Waals surface area (Å²) in [6.45, 7) is 7.93. The van der Waals surface area contributed by atoms with Gasteiger partial charge in [0, 0.05) is 22.2 Å². The molecular weight excluding hydrogens is 346 g/mol. The molecule has 0 unspecified atom stereocenters. The molecule has 1 N–H and O–H groups in total. The van der Waals surface area contributed by atoms with Gasteiger partial charge in [0.05, 0.1) is 17.7 Å². The summed E-state index contributed by atoms with van der Waals surface area (Å²) in [6.07, 6.45) is 1.35. The number of benzene rings is 2. The van der Waals surface area contributed by atoms with Crippen LogP contribution in [-0.2, 0) is 4.74 Å². The summed E-state index contributed by atoms with van der Waals surface area (Å²) in [6, 6.07) is 13.8. The summed E-state index contributed by atoms with van der Waals surface area (Å²) >= 11 is 6.09. The van der Waals surface area contributed by atoms with Gasteiger partial charge in [0.25, 0.3) is 0 Å². The molecule has 4 heteroatoms. The number of hydrogen-bond donors (Lipinski definition) is 1. The Hall–Kier alpha value is -1.94. The molecule has 2 aromatic carbocycles. The molecule has 136 valence electrons. The first-order valence-electron chi connectivity index (χ1n) is 8.73. The molecule has 3 nitrogen and oxygen atoms in total. The number of ether oxygens (including phenoxy) is 1. The van der Waals surface area contributed by atoms with Crippen molar-refractivity contribution in [3.8, 4) is 11.1 Å². The minimum Gasteiger partial charge on any atom is -0.393 e. The predicted octanol–water partition coefficient (Wildman–Crippen LogP) is 5.71. The Morgan fingerprint density at radius 2 is 1.85 bits per heavy atom. The fraction of sp³-hybridized carbons (Fsp3) is 0.318. The van der Waals surface area contributed by atoms with Gasteiger partial charge in [-0.15, -0.1) is 0 Å². The molecule has 1 heterocycles. The highest BCUT2D eigenvalue weighted by molar-refractivity contribution is 6.30. The summed E-state index contributed by atoms with van der Waals surface area (Å²) in [5.41, 5.74) is 4.55. The first-order chi connectivity index (χ1) is 12.3. The number of fused-ring (bicyclic) bond motifs is 1. The lowest BCUT2D eigenvalue weighted by Gasteiger charge is -2.29. The maximum Gasteiger partial charge on any atom is 0.107 e. The number of nitrogens with zero attached hydrogens (tertiary/aromatic N) is 1. The van der Waals surface area contributed by atoms with E-state index in [0.29, 0.717) is 5.02 Å². The van der Waals surface area contributed by atoms with Crippen LogP contribution < -0.4 is 0 Å². The van der Waals surface area contributed by atoms with Crippen molar-refractivity contribution in [2.45, 2.75) is 39.4 Å². The van der Waals surface area contributed by atoms with Gasteiger partial charge in [0.2, 0.25) is 0 Å². The van der Waals surface area contributed by atoms with E-state index in [1.807, 2.05) is 51.1 Å². The molecule has 0 saturated heterocycles. The molecule has 0 aliphatic carbocycles. The van der Waals surface area contributed by atoms with Crippen LogP contribution in [0.4, 0.5) is 0 Å². The van der Waals surface area contributed by atoms with E-state index in [-0.39, 0.29) is 12.2 Å². The smallest absolute Gasteiger partial charge is 0.107 e. The zero-order valence-electron chi connectivity index (χ0n) is 15.6. The van der Waals surface area contributed by atoms with Gasteiger partial charge in [-0.25, -0.2) is 0 Å². The van der Waals surface area contributed by atoms with E-state index >= 15 is 0 Å². The number of aryl methyl sites for hydroxylation is 1. The average molecular weight is 370 g/mol. The standard InChI is InChI=1S/C22H24ClNO2/c1-14-12-16-6-5-11-24-21(16)20(15-7-9-17(23)10-8-15)19(14)18(13-25)26-22(2,3)4/h5-12,18,25H,13H2,1-4H3/t18-/m1/s1. The minimum atomic E-state index is -0.438. The minimum absolute atomic E-state index is 0.100. The number of halogens is 1. The van der Waals surface area contributed by atoms with Crippen LogP contribution in [-0.4, -0.2) is 22.3 Å². The van der Waals surface area contributed by atoms with Crippen molar-refractivity contribution in [1.29, 1.82) is 0 Å². The van der Waals surface area contributed by atoms with Gasteiger partial charge in [0.15, 0.2) is 0 Å². The number of pyridine rings is 1. The van der Waals surface area contributed by atoms with Crippen molar-refractivity contribution in [3.05, 3.63) is 64.8 Å². The summed E-state index contributed by atoms with van der Waals surface area (Å²) in [5.74, 6) is 0. The van der Waals surface area contributed by atoms with Crippen LogP contribution >= 0.6 is 11.6 Å². The highest BCUT2D eigenvalue weighted by Crippen LogP contribution is 2.39. The van der Waals surface area contributed by atoms with E-state index in [2.05, 4.69) is 24.0 Å². The van der Waals surface area contributed by atoms with Crippen molar-refractivity contribution in [2.75, 3.05) is 6.61 Å². The van der Waals surface area contributed by atoms with Crippen LogP contribution in [0.5, 0.6) is 0 Å². The summed E-state index contributed by atoms with van der Waals surface area (Å²) < 4.78 is 6.18. The fourth-order valence-corrected chi connectivity index (χ4v) is 3.44. The fourth-order valence-electron chi connectivity index (χ4n) is 3.32. The Morgan fingerprint density at radius 1 is 1.15 bits per heavy atom. The summed E-state index contributed by atoms with van der Waals surface area (Å²) in [4.78, 5) is 4.62. The van der Waals surface area contributed by atoms with Crippen LogP contribution in [0.3, 0.4) is 0 Å². The van der Waals surface area contributed by atoms with E-state index in [4.69, 9.17) is 16.3 Å². The van der Waals surface area contributed by atoms with Crippen LogP contribution in [0.25, 0.3) is 22.0 Å². The van der Waals surface area contributed by atoms with Gasteiger partial charge in [-0.2, -0.15) is 0 Å². The molecule has 26 heavy (non-hydrogen) atoms. The Kier molecular flexibility index (Phi) is 5.33. The monoisotopic (exact) mass is 369 g/mol. The molecular formula is C22H24ClNO2. The van der Waals surface area contributed by atoms with Crippen molar-refractivity contribution < 1.29 is 9.84 Å². The van der Waals surface area contributed by atoms with E-state index in [9.17, 15) is 5.11 Å². The lowest BCUT2D eigenvalue weighted by molar-refractivity contribution is -0.0821. The number of hydrogen-bond acceptors (Lipinski definition) is 3.